The van der Waals surface area contributed by atoms with E-state index in [1.807, 2.05) is 62.0 Å². The van der Waals surface area contributed by atoms with E-state index in [0.29, 0.717) is 10.3 Å². The quantitative estimate of drug-likeness (QED) is 0.184. The van der Waals surface area contributed by atoms with Gasteiger partial charge in [0.25, 0.3) is 0 Å². The summed E-state index contributed by atoms with van der Waals surface area (Å²) in [4.78, 5) is 21.0. The second kappa shape index (κ2) is 15.5. The van der Waals surface area contributed by atoms with Crippen LogP contribution in [0.3, 0.4) is 0 Å². The Hall–Kier alpha value is -2.21. The number of halogens is 1. The normalized spacial score (nSPS) is 14.4. The molecule has 0 spiro atoms. The van der Waals surface area contributed by atoms with Crippen molar-refractivity contribution in [2.75, 3.05) is 5.75 Å². The van der Waals surface area contributed by atoms with Crippen molar-refractivity contribution in [2.24, 2.45) is 5.41 Å². The summed E-state index contributed by atoms with van der Waals surface area (Å²) in [6, 6.07) is 27.0. The van der Waals surface area contributed by atoms with Crippen LogP contribution < -0.4 is 29.6 Å². The minimum absolute atomic E-state index is 0. The molecule has 7 heteroatoms. The minimum atomic E-state index is -0.850. The van der Waals surface area contributed by atoms with Crippen LogP contribution in [-0.4, -0.2) is 22.0 Å². The summed E-state index contributed by atoms with van der Waals surface area (Å²) in [6.07, 6.45) is 8.83. The predicted molar refractivity (Wildman–Crippen MR) is 169 cm³/mol. The van der Waals surface area contributed by atoms with Crippen molar-refractivity contribution in [3.63, 3.8) is 0 Å². The largest absolute Gasteiger partial charge is 1.00 e. The van der Waals surface area contributed by atoms with Gasteiger partial charge in [0.1, 0.15) is 0 Å². The van der Waals surface area contributed by atoms with Gasteiger partial charge in [-0.3, -0.25) is 0 Å². The Kier molecular flexibility index (Phi) is 12.6. The average molecular weight is 608 g/mol. The molecule has 0 aliphatic heterocycles. The van der Waals surface area contributed by atoms with Crippen molar-refractivity contribution in [3.8, 4) is 0 Å². The molecular formula is C35H35ClNNaO3S. The van der Waals surface area contributed by atoms with Gasteiger partial charge in [0.15, 0.2) is 0 Å². The number of nitrogens with zero attached hydrogens (tertiary/aromatic N) is 1. The van der Waals surface area contributed by atoms with Crippen LogP contribution in [0.15, 0.2) is 78.9 Å². The molecule has 0 unspecified atom stereocenters. The number of aromatic nitrogens is 1. The van der Waals surface area contributed by atoms with E-state index in [2.05, 4.69) is 61.5 Å². The molecule has 1 aromatic heterocycles. The van der Waals surface area contributed by atoms with Crippen molar-refractivity contribution >= 4 is 52.6 Å². The molecule has 4 nitrogen and oxygen atoms in total. The first-order chi connectivity index (χ1) is 19.6. The molecule has 4 aromatic rings. The molecule has 1 saturated carbocycles. The second-order valence-corrected chi connectivity index (χ2v) is 12.8. The fourth-order valence-corrected chi connectivity index (χ4v) is 6.44. The van der Waals surface area contributed by atoms with E-state index in [1.165, 1.54) is 24.0 Å². The Morgan fingerprint density at radius 3 is 2.48 bits per heavy atom. The number of pyridine rings is 1. The monoisotopic (exact) mass is 607 g/mol. The van der Waals surface area contributed by atoms with Crippen LogP contribution in [-0.2, 0) is 21.6 Å². The molecule has 1 aliphatic carbocycles. The molecular weight excluding hydrogens is 573 g/mol. The number of thioether (sulfide) groups is 1. The Balaban J connectivity index is 0.00000116. The van der Waals surface area contributed by atoms with Crippen LogP contribution in [0.25, 0.3) is 23.1 Å². The molecule has 1 N–H and O–H groups in total. The first kappa shape index (κ1) is 34.3. The number of benzene rings is 3. The standard InChI is InChI=1S/C34H35ClNOS.CO2.Na/c1-33(2,37)30-10-5-4-8-25(30)14-18-32(38-23-34(3)19-20-34)27-9-6-7-24(21-27)11-16-29-17-13-26-12-15-28(35)22-31(26)36-29;2-1-3;/h4-13,15-17,21-22,32,37H,3,14,18-20,23H2,1-2H3;;/q-1;;+1/b16-11-;;/t32-;;/m1../s1. The fraction of sp³-hybridized carbons (Fsp3) is 0.286. The van der Waals surface area contributed by atoms with Crippen molar-refractivity contribution in [1.29, 1.82) is 0 Å². The van der Waals surface area contributed by atoms with E-state index in [0.717, 1.165) is 46.3 Å². The molecule has 1 fully saturated rings. The SMILES string of the molecule is O=C=O.[CH2-]C1(CS[C@H](CCc2ccccc2C(C)(C)O)c2cccc(/C=C\c3ccc4ccc(Cl)cc4n3)c2)CC1.[Na+]. The van der Waals surface area contributed by atoms with Crippen LogP contribution in [0.4, 0.5) is 0 Å². The van der Waals surface area contributed by atoms with E-state index < -0.39 is 5.60 Å². The number of carbonyl (C=O) groups excluding carboxylic acids is 2. The third-order valence-corrected chi connectivity index (χ3v) is 9.23. The summed E-state index contributed by atoms with van der Waals surface area (Å²) in [5.74, 6) is 1.08. The summed E-state index contributed by atoms with van der Waals surface area (Å²) >= 11 is 8.20. The third kappa shape index (κ3) is 9.92. The first-order valence-corrected chi connectivity index (χ1v) is 15.1. The van der Waals surface area contributed by atoms with E-state index >= 15 is 0 Å². The zero-order chi connectivity index (χ0) is 29.5. The van der Waals surface area contributed by atoms with Crippen LogP contribution >= 0.6 is 23.4 Å². The van der Waals surface area contributed by atoms with E-state index in [4.69, 9.17) is 26.2 Å². The molecule has 5 rings (SSSR count). The molecule has 0 radical (unpaired) electrons. The minimum Gasteiger partial charge on any atom is -0.386 e. The molecule has 0 bridgehead atoms. The van der Waals surface area contributed by atoms with Crippen LogP contribution in [0, 0.1) is 12.3 Å². The summed E-state index contributed by atoms with van der Waals surface area (Å²) in [7, 11) is 0. The van der Waals surface area contributed by atoms with E-state index in [-0.39, 0.29) is 41.1 Å². The Morgan fingerprint density at radius 1 is 1.05 bits per heavy atom. The average Bonchev–Trinajstić information content (AvgIpc) is 3.69. The van der Waals surface area contributed by atoms with Gasteiger partial charge < -0.3 is 12.0 Å². The molecule has 1 atom stereocenters. The van der Waals surface area contributed by atoms with E-state index in [9.17, 15) is 5.11 Å². The van der Waals surface area contributed by atoms with Gasteiger partial charge in [-0.15, -0.1) is 5.41 Å². The number of fused-ring (bicyclic) bond motifs is 1. The maximum Gasteiger partial charge on any atom is 1.00 e. The molecule has 42 heavy (non-hydrogen) atoms. The zero-order valence-corrected chi connectivity index (χ0v) is 28.0. The van der Waals surface area contributed by atoms with Gasteiger partial charge in [0.2, 0.25) is 0 Å². The van der Waals surface area contributed by atoms with Gasteiger partial charge in [-0.25, -0.2) is 4.98 Å². The summed E-state index contributed by atoms with van der Waals surface area (Å²) in [6.45, 7) is 8.17. The Bertz CT molecular complexity index is 1560. The summed E-state index contributed by atoms with van der Waals surface area (Å²) < 4.78 is 0. The van der Waals surface area contributed by atoms with Gasteiger partial charge in [0.05, 0.1) is 16.8 Å². The van der Waals surface area contributed by atoms with Crippen LogP contribution in [0.5, 0.6) is 0 Å². The van der Waals surface area contributed by atoms with Crippen molar-refractivity contribution in [3.05, 3.63) is 119 Å². The number of hydrogen-bond donors (Lipinski definition) is 1. The number of aryl methyl sites for hydroxylation is 1. The van der Waals surface area contributed by atoms with Crippen molar-refractivity contribution < 1.29 is 44.3 Å². The number of rotatable bonds is 10. The van der Waals surface area contributed by atoms with Crippen LogP contribution in [0.1, 0.15) is 66.3 Å². The first-order valence-electron chi connectivity index (χ1n) is 13.7. The predicted octanol–water partition coefficient (Wildman–Crippen LogP) is 5.73. The molecule has 0 amide bonds. The van der Waals surface area contributed by atoms with Gasteiger partial charge in [-0.05, 0) is 79.0 Å². The van der Waals surface area contributed by atoms with Gasteiger partial charge >= 0.3 is 35.7 Å². The smallest absolute Gasteiger partial charge is 0.386 e. The zero-order valence-electron chi connectivity index (χ0n) is 24.5. The molecule has 0 saturated heterocycles. The number of aliphatic hydroxyl groups is 1. The Morgan fingerprint density at radius 2 is 1.76 bits per heavy atom. The van der Waals surface area contributed by atoms with Gasteiger partial charge in [0, 0.05) is 15.7 Å². The van der Waals surface area contributed by atoms with Gasteiger partial charge in [-0.2, -0.15) is 21.4 Å². The molecule has 1 aliphatic rings. The maximum absolute atomic E-state index is 10.7. The maximum atomic E-state index is 10.7. The van der Waals surface area contributed by atoms with Gasteiger partial charge in [-0.1, -0.05) is 91.2 Å². The topological polar surface area (TPSA) is 67.3 Å². The Labute approximate surface area is 280 Å². The third-order valence-electron chi connectivity index (χ3n) is 7.30. The number of hydrogen-bond acceptors (Lipinski definition) is 5. The van der Waals surface area contributed by atoms with Crippen LogP contribution in [0.2, 0.25) is 5.02 Å². The summed E-state index contributed by atoms with van der Waals surface area (Å²) in [5, 5.41) is 12.8. The van der Waals surface area contributed by atoms with Crippen molar-refractivity contribution in [1.82, 2.24) is 4.98 Å². The second-order valence-electron chi connectivity index (χ2n) is 11.2. The molecule has 1 heterocycles. The molecule has 3 aromatic carbocycles. The summed E-state index contributed by atoms with van der Waals surface area (Å²) in [5.41, 5.74) is 5.94. The van der Waals surface area contributed by atoms with Crippen molar-refractivity contribution in [2.45, 2.75) is 50.4 Å². The fourth-order valence-electron chi connectivity index (χ4n) is 4.81. The molecule has 212 valence electrons. The van der Waals surface area contributed by atoms with E-state index in [1.54, 1.807) is 0 Å².